The van der Waals surface area contributed by atoms with Crippen LogP contribution in [-0.4, -0.2) is 30.6 Å². The molecule has 0 radical (unpaired) electrons. The number of fused-ring (bicyclic) bond motifs is 1. The lowest BCUT2D eigenvalue weighted by Crippen LogP contribution is -2.18. The quantitative estimate of drug-likeness (QED) is 0.450. The first-order valence-corrected chi connectivity index (χ1v) is 9.65. The molecule has 5 aromatic rings. The van der Waals surface area contributed by atoms with Crippen LogP contribution in [0.3, 0.4) is 0 Å². The van der Waals surface area contributed by atoms with Crippen molar-refractivity contribution in [3.05, 3.63) is 96.2 Å². The molecule has 0 saturated heterocycles. The van der Waals surface area contributed by atoms with Gasteiger partial charge in [0.2, 0.25) is 5.95 Å². The van der Waals surface area contributed by atoms with Crippen LogP contribution in [0.15, 0.2) is 79.3 Å². The largest absolute Gasteiger partial charge is 0.361 e. The molecule has 5 rings (SSSR count). The molecule has 152 valence electrons. The molecule has 2 N–H and O–H groups in total. The molecule has 0 spiro atoms. The van der Waals surface area contributed by atoms with Crippen LogP contribution in [-0.2, 0) is 6.54 Å². The number of benzene rings is 2. The molecule has 31 heavy (non-hydrogen) atoms. The molecule has 0 saturated carbocycles. The van der Waals surface area contributed by atoms with E-state index < -0.39 is 11.7 Å². The second-order valence-corrected chi connectivity index (χ2v) is 6.95. The molecule has 0 aliphatic carbocycles. The van der Waals surface area contributed by atoms with E-state index >= 15 is 0 Å². The van der Waals surface area contributed by atoms with Gasteiger partial charge in [-0.15, -0.1) is 5.10 Å². The summed E-state index contributed by atoms with van der Waals surface area (Å²) in [5, 5.41) is 8.58. The summed E-state index contributed by atoms with van der Waals surface area (Å²) in [5.41, 5.74) is 2.62. The third-order valence-electron chi connectivity index (χ3n) is 4.89. The van der Waals surface area contributed by atoms with Crippen molar-refractivity contribution in [2.45, 2.75) is 6.54 Å². The fraction of sp³-hybridized carbons (Fsp3) is 0.0435. The fourth-order valence-electron chi connectivity index (χ4n) is 3.33. The summed E-state index contributed by atoms with van der Waals surface area (Å²) < 4.78 is 15.3. The van der Waals surface area contributed by atoms with E-state index in [1.54, 1.807) is 30.6 Å². The van der Waals surface area contributed by atoms with Gasteiger partial charge in [-0.3, -0.25) is 9.78 Å². The van der Waals surface area contributed by atoms with E-state index in [2.05, 4.69) is 25.4 Å². The van der Waals surface area contributed by atoms with Gasteiger partial charge in [-0.1, -0.05) is 18.2 Å². The minimum Gasteiger partial charge on any atom is -0.361 e. The van der Waals surface area contributed by atoms with Gasteiger partial charge in [0.25, 0.3) is 5.91 Å². The van der Waals surface area contributed by atoms with E-state index in [0.29, 0.717) is 17.9 Å². The molecule has 3 heterocycles. The predicted molar refractivity (Wildman–Crippen MR) is 115 cm³/mol. The molecular weight excluding hydrogens is 395 g/mol. The number of halogens is 1. The number of rotatable bonds is 5. The number of H-pyrrole nitrogens is 1. The van der Waals surface area contributed by atoms with Gasteiger partial charge in [0.1, 0.15) is 5.82 Å². The summed E-state index contributed by atoms with van der Waals surface area (Å²) in [6.45, 7) is 0.414. The van der Waals surface area contributed by atoms with Gasteiger partial charge in [0.15, 0.2) is 5.82 Å². The number of anilines is 1. The Balaban J connectivity index is 1.50. The van der Waals surface area contributed by atoms with Crippen molar-refractivity contribution in [1.82, 2.24) is 24.7 Å². The highest BCUT2D eigenvalue weighted by molar-refractivity contribution is 5.97. The first-order valence-electron chi connectivity index (χ1n) is 9.65. The number of aromatic amines is 1. The summed E-state index contributed by atoms with van der Waals surface area (Å²) in [6, 6.07) is 17.4. The van der Waals surface area contributed by atoms with E-state index in [0.717, 1.165) is 21.1 Å². The van der Waals surface area contributed by atoms with Crippen LogP contribution in [0.4, 0.5) is 10.3 Å². The number of carbonyl (C=O) groups excluding carboxylic acids is 1. The molecule has 0 fully saturated rings. The molecule has 0 aliphatic rings. The number of hydrogen-bond donors (Lipinski definition) is 2. The first kappa shape index (κ1) is 18.7. The summed E-state index contributed by atoms with van der Waals surface area (Å²) in [6.07, 6.45) is 5.13. The van der Waals surface area contributed by atoms with E-state index in [1.165, 1.54) is 18.2 Å². The van der Waals surface area contributed by atoms with Gasteiger partial charge in [0.05, 0.1) is 5.56 Å². The van der Waals surface area contributed by atoms with Crippen molar-refractivity contribution < 1.29 is 9.18 Å². The Morgan fingerprint density at radius 3 is 2.84 bits per heavy atom. The number of nitrogens with one attached hydrogen (secondary N) is 2. The van der Waals surface area contributed by atoms with Crippen molar-refractivity contribution in [1.29, 1.82) is 0 Å². The fourth-order valence-corrected chi connectivity index (χ4v) is 3.33. The second kappa shape index (κ2) is 7.83. The molecular formula is C23H17FN6O. The summed E-state index contributed by atoms with van der Waals surface area (Å²) in [4.78, 5) is 24.8. The van der Waals surface area contributed by atoms with Crippen LogP contribution in [0.1, 0.15) is 15.9 Å². The number of pyridine rings is 1. The Bertz CT molecular complexity index is 1380. The molecule has 0 atom stereocenters. The van der Waals surface area contributed by atoms with Crippen molar-refractivity contribution in [3.63, 3.8) is 0 Å². The number of aromatic nitrogens is 5. The Kier molecular flexibility index (Phi) is 4.72. The summed E-state index contributed by atoms with van der Waals surface area (Å²) in [5.74, 6) is -0.679. The number of hydrogen-bond acceptors (Lipinski definition) is 5. The van der Waals surface area contributed by atoms with Crippen LogP contribution < -0.4 is 5.32 Å². The predicted octanol–water partition coefficient (Wildman–Crippen LogP) is 4.26. The summed E-state index contributed by atoms with van der Waals surface area (Å²) in [7, 11) is 0. The van der Waals surface area contributed by atoms with E-state index in [1.807, 2.05) is 30.5 Å². The van der Waals surface area contributed by atoms with Crippen molar-refractivity contribution in [3.8, 4) is 11.4 Å². The Labute approximate surface area is 176 Å². The van der Waals surface area contributed by atoms with Gasteiger partial charge in [0, 0.05) is 36.2 Å². The average molecular weight is 412 g/mol. The average Bonchev–Trinajstić information content (AvgIpc) is 3.45. The van der Waals surface area contributed by atoms with Crippen LogP contribution in [0, 0.1) is 5.82 Å². The minimum atomic E-state index is -0.616. The lowest BCUT2D eigenvalue weighted by Gasteiger charge is -2.08. The second-order valence-electron chi connectivity index (χ2n) is 6.95. The maximum Gasteiger partial charge on any atom is 0.284 e. The molecule has 8 heteroatoms. The van der Waals surface area contributed by atoms with Crippen LogP contribution in [0.25, 0.3) is 22.3 Å². The minimum absolute atomic E-state index is 0.0815. The van der Waals surface area contributed by atoms with E-state index in [-0.39, 0.29) is 11.5 Å². The molecule has 0 bridgehead atoms. The molecule has 0 amide bonds. The van der Waals surface area contributed by atoms with E-state index in [4.69, 9.17) is 0 Å². The van der Waals surface area contributed by atoms with Crippen molar-refractivity contribution in [2.24, 2.45) is 0 Å². The zero-order valence-corrected chi connectivity index (χ0v) is 16.3. The van der Waals surface area contributed by atoms with Crippen molar-refractivity contribution >= 4 is 22.8 Å². The zero-order chi connectivity index (χ0) is 21.2. The van der Waals surface area contributed by atoms with E-state index in [9.17, 15) is 9.18 Å². The lowest BCUT2D eigenvalue weighted by atomic mass is 10.1. The monoisotopic (exact) mass is 412 g/mol. The maximum absolute atomic E-state index is 14.2. The van der Waals surface area contributed by atoms with Gasteiger partial charge < -0.3 is 10.3 Å². The molecule has 0 aliphatic heterocycles. The maximum atomic E-state index is 14.2. The third kappa shape index (κ3) is 3.66. The SMILES string of the molecule is O=C(c1ccccc1F)n1nc(-c2cccnc2)nc1NCc1ccc2[nH]ccc2c1. The molecule has 7 nitrogen and oxygen atoms in total. The normalized spacial score (nSPS) is 11.0. The van der Waals surface area contributed by atoms with Crippen LogP contribution in [0.5, 0.6) is 0 Å². The van der Waals surface area contributed by atoms with Crippen molar-refractivity contribution in [2.75, 3.05) is 5.32 Å². The smallest absolute Gasteiger partial charge is 0.284 e. The highest BCUT2D eigenvalue weighted by Gasteiger charge is 2.21. The van der Waals surface area contributed by atoms with Gasteiger partial charge >= 0.3 is 0 Å². The zero-order valence-electron chi connectivity index (χ0n) is 16.3. The summed E-state index contributed by atoms with van der Waals surface area (Å²) >= 11 is 0. The highest BCUT2D eigenvalue weighted by Crippen LogP contribution is 2.20. The highest BCUT2D eigenvalue weighted by atomic mass is 19.1. The van der Waals surface area contributed by atoms with Crippen LogP contribution in [0.2, 0.25) is 0 Å². The van der Waals surface area contributed by atoms with Crippen LogP contribution >= 0.6 is 0 Å². The molecule has 0 unspecified atom stereocenters. The first-order chi connectivity index (χ1) is 15.2. The Hall–Kier alpha value is -4.33. The van der Waals surface area contributed by atoms with Gasteiger partial charge in [-0.25, -0.2) is 4.39 Å². The topological polar surface area (TPSA) is 88.5 Å². The van der Waals surface area contributed by atoms with Gasteiger partial charge in [-0.2, -0.15) is 9.67 Å². The third-order valence-corrected chi connectivity index (χ3v) is 4.89. The Morgan fingerprint density at radius 2 is 2.00 bits per heavy atom. The van der Waals surface area contributed by atoms with Gasteiger partial charge in [-0.05, 0) is 53.4 Å². The lowest BCUT2D eigenvalue weighted by molar-refractivity contribution is 0.0943. The molecule has 2 aromatic carbocycles. The standard InChI is InChI=1S/C23H17FN6O/c24-19-6-2-1-5-18(19)22(31)30-23(28-21(29-30)17-4-3-10-25-14-17)27-13-15-7-8-20-16(12-15)9-11-26-20/h1-12,14,26H,13H2,(H,27,28,29). The number of nitrogens with zero attached hydrogens (tertiary/aromatic N) is 4. The Morgan fingerprint density at radius 1 is 1.10 bits per heavy atom. The molecule has 3 aromatic heterocycles. The number of carbonyl (C=O) groups is 1.